The molecule has 2 rings (SSSR count). The van der Waals surface area contributed by atoms with Crippen molar-refractivity contribution < 1.29 is 13.9 Å². The molecule has 21 heavy (non-hydrogen) atoms. The first-order valence-corrected chi connectivity index (χ1v) is 8.25. The van der Waals surface area contributed by atoms with Crippen LogP contribution in [0, 0.1) is 5.82 Å². The Morgan fingerprint density at radius 2 is 2.10 bits per heavy atom. The van der Waals surface area contributed by atoms with Crippen LogP contribution in [0.2, 0.25) is 0 Å². The Balaban J connectivity index is 2.23. The van der Waals surface area contributed by atoms with Crippen molar-refractivity contribution >= 4 is 21.9 Å². The second-order valence-electron chi connectivity index (χ2n) is 5.29. The molecule has 5 heteroatoms. The van der Waals surface area contributed by atoms with Crippen molar-refractivity contribution in [1.29, 1.82) is 0 Å². The summed E-state index contributed by atoms with van der Waals surface area (Å²) < 4.78 is 20.0. The van der Waals surface area contributed by atoms with E-state index in [2.05, 4.69) is 20.8 Å². The highest BCUT2D eigenvalue weighted by atomic mass is 79.9. The van der Waals surface area contributed by atoms with Crippen LogP contribution in [0.25, 0.3) is 0 Å². The molecule has 1 aliphatic rings. The van der Waals surface area contributed by atoms with Gasteiger partial charge in [0, 0.05) is 16.1 Å². The summed E-state index contributed by atoms with van der Waals surface area (Å²) in [4.78, 5) is 14.1. The van der Waals surface area contributed by atoms with Crippen LogP contribution >= 0.6 is 15.9 Å². The molecular formula is C16H21BrFNO2. The molecule has 1 aromatic carbocycles. The monoisotopic (exact) mass is 357 g/mol. The number of halogens is 2. The number of ether oxygens (including phenoxy) is 1. The van der Waals surface area contributed by atoms with E-state index in [1.165, 1.54) is 12.5 Å². The molecule has 3 nitrogen and oxygen atoms in total. The van der Waals surface area contributed by atoms with Gasteiger partial charge in [-0.15, -0.1) is 0 Å². The highest BCUT2D eigenvalue weighted by Crippen LogP contribution is 2.31. The van der Waals surface area contributed by atoms with E-state index in [-0.39, 0.29) is 24.2 Å². The lowest BCUT2D eigenvalue weighted by Crippen LogP contribution is -2.35. The first-order chi connectivity index (χ1) is 10.1. The van der Waals surface area contributed by atoms with E-state index in [1.54, 1.807) is 13.0 Å². The van der Waals surface area contributed by atoms with Crippen molar-refractivity contribution in [3.05, 3.63) is 34.1 Å². The molecule has 1 atom stereocenters. The lowest BCUT2D eigenvalue weighted by atomic mass is 9.98. The van der Waals surface area contributed by atoms with Gasteiger partial charge >= 0.3 is 5.97 Å². The van der Waals surface area contributed by atoms with Gasteiger partial charge in [0.25, 0.3) is 0 Å². The Hall–Kier alpha value is -0.940. The fourth-order valence-electron chi connectivity index (χ4n) is 2.82. The summed E-state index contributed by atoms with van der Waals surface area (Å²) in [7, 11) is 0. The topological polar surface area (TPSA) is 29.5 Å². The average Bonchev–Trinajstić information content (AvgIpc) is 2.47. The average molecular weight is 358 g/mol. The van der Waals surface area contributed by atoms with Gasteiger partial charge in [0.1, 0.15) is 5.82 Å². The lowest BCUT2D eigenvalue weighted by molar-refractivity contribution is -0.144. The number of rotatable bonds is 5. The molecule has 1 unspecified atom stereocenters. The molecule has 0 radical (unpaired) electrons. The van der Waals surface area contributed by atoms with E-state index < -0.39 is 0 Å². The van der Waals surface area contributed by atoms with Crippen molar-refractivity contribution in [2.24, 2.45) is 0 Å². The molecule has 1 aromatic rings. The van der Waals surface area contributed by atoms with Gasteiger partial charge in [-0.1, -0.05) is 28.4 Å². The minimum absolute atomic E-state index is 0.201. The van der Waals surface area contributed by atoms with E-state index in [0.717, 1.165) is 25.9 Å². The number of piperidine rings is 1. The van der Waals surface area contributed by atoms with Gasteiger partial charge in [0.2, 0.25) is 0 Å². The summed E-state index contributed by atoms with van der Waals surface area (Å²) in [5, 5.41) is 0. The number of hydrogen-bond donors (Lipinski definition) is 0. The molecule has 0 spiro atoms. The zero-order valence-electron chi connectivity index (χ0n) is 12.3. The van der Waals surface area contributed by atoms with Crippen LogP contribution in [0.1, 0.15) is 44.2 Å². The fourth-order valence-corrected chi connectivity index (χ4v) is 3.15. The van der Waals surface area contributed by atoms with E-state index in [9.17, 15) is 9.18 Å². The Labute approximate surface area is 133 Å². The second kappa shape index (κ2) is 7.90. The second-order valence-corrected chi connectivity index (χ2v) is 6.20. The van der Waals surface area contributed by atoms with Crippen LogP contribution in [-0.4, -0.2) is 30.6 Å². The summed E-state index contributed by atoms with van der Waals surface area (Å²) in [6, 6.07) is 4.80. The van der Waals surface area contributed by atoms with Crippen LogP contribution in [0.3, 0.4) is 0 Å². The maximum absolute atomic E-state index is 14.3. The Kier molecular flexibility index (Phi) is 6.18. The van der Waals surface area contributed by atoms with Gasteiger partial charge in [-0.2, -0.15) is 0 Å². The molecule has 1 aliphatic heterocycles. The van der Waals surface area contributed by atoms with Crippen molar-refractivity contribution in [1.82, 2.24) is 4.90 Å². The van der Waals surface area contributed by atoms with Crippen molar-refractivity contribution in [2.45, 2.75) is 38.6 Å². The minimum atomic E-state index is -0.274. The number of benzene rings is 1. The molecular weight excluding hydrogens is 337 g/mol. The maximum atomic E-state index is 14.3. The first kappa shape index (κ1) is 16.4. The summed E-state index contributed by atoms with van der Waals surface area (Å²) in [5.41, 5.74) is 0.577. The molecule has 1 fully saturated rings. The third-order valence-corrected chi connectivity index (χ3v) is 4.31. The molecule has 0 aromatic heterocycles. The van der Waals surface area contributed by atoms with Gasteiger partial charge in [0.05, 0.1) is 13.0 Å². The SMILES string of the molecule is CCOC(=O)CC(c1ccc(Br)cc1F)N1CCCCC1. The summed E-state index contributed by atoms with van der Waals surface area (Å²) in [6.07, 6.45) is 3.59. The predicted molar refractivity (Wildman–Crippen MR) is 83.5 cm³/mol. The van der Waals surface area contributed by atoms with E-state index in [1.807, 2.05) is 6.07 Å². The number of carbonyl (C=O) groups excluding carboxylic acids is 1. The molecule has 1 saturated heterocycles. The zero-order chi connectivity index (χ0) is 15.2. The highest BCUT2D eigenvalue weighted by molar-refractivity contribution is 9.10. The smallest absolute Gasteiger partial charge is 0.307 e. The number of esters is 1. The molecule has 0 amide bonds. The number of likely N-dealkylation sites (tertiary alicyclic amines) is 1. The molecule has 0 saturated carbocycles. The fraction of sp³-hybridized carbons (Fsp3) is 0.562. The largest absolute Gasteiger partial charge is 0.466 e. The van der Waals surface area contributed by atoms with Crippen molar-refractivity contribution in [2.75, 3.05) is 19.7 Å². The van der Waals surface area contributed by atoms with Crippen LogP contribution < -0.4 is 0 Å². The van der Waals surface area contributed by atoms with Crippen LogP contribution in [-0.2, 0) is 9.53 Å². The number of carbonyl (C=O) groups is 1. The third-order valence-electron chi connectivity index (χ3n) is 3.82. The van der Waals surface area contributed by atoms with Crippen LogP contribution in [0.5, 0.6) is 0 Å². The standard InChI is InChI=1S/C16H21BrFNO2/c1-2-21-16(20)11-15(19-8-4-3-5-9-19)13-7-6-12(17)10-14(13)18/h6-7,10,15H,2-5,8-9,11H2,1H3. The Morgan fingerprint density at radius 1 is 1.38 bits per heavy atom. The van der Waals surface area contributed by atoms with Crippen molar-refractivity contribution in [3.63, 3.8) is 0 Å². The highest BCUT2D eigenvalue weighted by Gasteiger charge is 2.27. The van der Waals surface area contributed by atoms with Crippen molar-refractivity contribution in [3.8, 4) is 0 Å². The molecule has 0 N–H and O–H groups in total. The third kappa shape index (κ3) is 4.51. The van der Waals surface area contributed by atoms with Gasteiger partial charge in [-0.25, -0.2) is 4.39 Å². The van der Waals surface area contributed by atoms with E-state index in [4.69, 9.17) is 4.74 Å². The number of nitrogens with zero attached hydrogens (tertiary/aromatic N) is 1. The van der Waals surface area contributed by atoms with Gasteiger partial charge in [-0.3, -0.25) is 9.69 Å². The van der Waals surface area contributed by atoms with E-state index in [0.29, 0.717) is 16.6 Å². The van der Waals surface area contributed by atoms with Gasteiger partial charge in [-0.05, 0) is 45.0 Å². The number of hydrogen-bond acceptors (Lipinski definition) is 3. The van der Waals surface area contributed by atoms with Crippen LogP contribution in [0.4, 0.5) is 4.39 Å². The summed E-state index contributed by atoms with van der Waals surface area (Å²) >= 11 is 3.27. The molecule has 0 aliphatic carbocycles. The predicted octanol–water partition coefficient (Wildman–Crippen LogP) is 4.07. The first-order valence-electron chi connectivity index (χ1n) is 7.46. The summed E-state index contributed by atoms with van der Waals surface area (Å²) in [5.74, 6) is -0.542. The Morgan fingerprint density at radius 3 is 2.71 bits per heavy atom. The summed E-state index contributed by atoms with van der Waals surface area (Å²) in [6.45, 7) is 3.95. The molecule has 116 valence electrons. The molecule has 0 bridgehead atoms. The van der Waals surface area contributed by atoms with Crippen LogP contribution in [0.15, 0.2) is 22.7 Å². The maximum Gasteiger partial charge on any atom is 0.307 e. The quantitative estimate of drug-likeness (QED) is 0.744. The lowest BCUT2D eigenvalue weighted by Gasteiger charge is -2.34. The molecule has 1 heterocycles. The Bertz CT molecular complexity index is 489. The van der Waals surface area contributed by atoms with Gasteiger partial charge < -0.3 is 4.74 Å². The normalized spacial score (nSPS) is 17.5. The minimum Gasteiger partial charge on any atom is -0.466 e. The van der Waals surface area contributed by atoms with E-state index >= 15 is 0 Å². The van der Waals surface area contributed by atoms with Gasteiger partial charge in [0.15, 0.2) is 0 Å². The zero-order valence-corrected chi connectivity index (χ0v) is 13.9.